The van der Waals surface area contributed by atoms with Crippen molar-refractivity contribution < 1.29 is 24.1 Å². The van der Waals surface area contributed by atoms with Crippen molar-refractivity contribution in [3.63, 3.8) is 0 Å². The van der Waals surface area contributed by atoms with Crippen LogP contribution >= 0.6 is 0 Å². The van der Waals surface area contributed by atoms with E-state index in [1.807, 2.05) is 24.3 Å². The fourth-order valence-corrected chi connectivity index (χ4v) is 3.60. The van der Waals surface area contributed by atoms with E-state index in [0.29, 0.717) is 23.0 Å². The summed E-state index contributed by atoms with van der Waals surface area (Å²) in [7, 11) is 6.38. The molecular formula is C22H26O5. The number of rotatable bonds is 5. The fourth-order valence-electron chi connectivity index (χ4n) is 3.60. The maximum Gasteiger partial charge on any atom is 0.203 e. The predicted molar refractivity (Wildman–Crippen MR) is 105 cm³/mol. The minimum absolute atomic E-state index is 0.218. The maximum absolute atomic E-state index is 10.7. The fraction of sp³-hybridized carbons (Fsp3) is 0.364. The molecule has 27 heavy (non-hydrogen) atoms. The molecule has 0 unspecified atom stereocenters. The minimum Gasteiger partial charge on any atom is -0.504 e. The van der Waals surface area contributed by atoms with Gasteiger partial charge in [-0.15, -0.1) is 0 Å². The summed E-state index contributed by atoms with van der Waals surface area (Å²) in [6.45, 7) is 0. The standard InChI is InChI=1S/C22H26O5/c1-24-18-11-10-16-15(8-6-5-7-9-17(16)21(18)23)14-12-19(25-2)22(27-4)20(13-14)26-3/h8,10-13,23H,5-7,9H2,1-4H3. The Kier molecular flexibility index (Phi) is 5.79. The smallest absolute Gasteiger partial charge is 0.203 e. The van der Waals surface area contributed by atoms with Crippen molar-refractivity contribution >= 4 is 5.57 Å². The molecule has 5 heteroatoms. The summed E-state index contributed by atoms with van der Waals surface area (Å²) < 4.78 is 21.8. The summed E-state index contributed by atoms with van der Waals surface area (Å²) in [4.78, 5) is 0. The molecule has 0 heterocycles. The average molecular weight is 370 g/mol. The number of allylic oxidation sites excluding steroid dienone is 1. The number of phenols is 1. The van der Waals surface area contributed by atoms with Gasteiger partial charge in [0, 0.05) is 5.56 Å². The zero-order chi connectivity index (χ0) is 19.4. The second-order valence-corrected chi connectivity index (χ2v) is 6.42. The van der Waals surface area contributed by atoms with Crippen LogP contribution in [0.4, 0.5) is 0 Å². The summed E-state index contributed by atoms with van der Waals surface area (Å²) in [5.41, 5.74) is 3.91. The summed E-state index contributed by atoms with van der Waals surface area (Å²) >= 11 is 0. The van der Waals surface area contributed by atoms with Crippen LogP contribution < -0.4 is 18.9 Å². The molecule has 0 bridgehead atoms. The molecule has 3 rings (SSSR count). The third-order valence-electron chi connectivity index (χ3n) is 4.96. The van der Waals surface area contributed by atoms with E-state index in [0.717, 1.165) is 47.9 Å². The zero-order valence-electron chi connectivity index (χ0n) is 16.3. The number of methoxy groups -OCH3 is 4. The van der Waals surface area contributed by atoms with Crippen LogP contribution in [0.25, 0.3) is 5.57 Å². The second-order valence-electron chi connectivity index (χ2n) is 6.42. The second kappa shape index (κ2) is 8.25. The SMILES string of the molecule is COc1ccc2c(c1O)CCCCC=C2c1cc(OC)c(OC)c(OC)c1. The molecule has 2 aromatic rings. The lowest BCUT2D eigenvalue weighted by Gasteiger charge is -2.21. The highest BCUT2D eigenvalue weighted by molar-refractivity contribution is 5.85. The molecule has 1 aliphatic carbocycles. The van der Waals surface area contributed by atoms with Crippen LogP contribution in [0.2, 0.25) is 0 Å². The third kappa shape index (κ3) is 3.54. The Labute approximate surface area is 160 Å². The van der Waals surface area contributed by atoms with E-state index < -0.39 is 0 Å². The van der Waals surface area contributed by atoms with Gasteiger partial charge in [-0.25, -0.2) is 0 Å². The Bertz CT molecular complexity index is 829. The molecule has 0 saturated heterocycles. The first-order valence-electron chi connectivity index (χ1n) is 9.04. The van der Waals surface area contributed by atoms with E-state index in [-0.39, 0.29) is 5.75 Å². The van der Waals surface area contributed by atoms with Gasteiger partial charge in [0.05, 0.1) is 28.4 Å². The third-order valence-corrected chi connectivity index (χ3v) is 4.96. The lowest BCUT2D eigenvalue weighted by Crippen LogP contribution is -2.02. The summed E-state index contributed by atoms with van der Waals surface area (Å²) in [5.74, 6) is 2.49. The number of benzene rings is 2. The van der Waals surface area contributed by atoms with Gasteiger partial charge in [-0.1, -0.05) is 12.1 Å². The van der Waals surface area contributed by atoms with Crippen molar-refractivity contribution in [2.24, 2.45) is 0 Å². The predicted octanol–water partition coefficient (Wildman–Crippen LogP) is 4.58. The van der Waals surface area contributed by atoms with Crippen molar-refractivity contribution in [1.29, 1.82) is 0 Å². The summed E-state index contributed by atoms with van der Waals surface area (Å²) in [6.07, 6.45) is 6.07. The maximum atomic E-state index is 10.7. The van der Waals surface area contributed by atoms with Crippen LogP contribution in [0.3, 0.4) is 0 Å². The molecule has 0 aromatic heterocycles. The minimum atomic E-state index is 0.218. The summed E-state index contributed by atoms with van der Waals surface area (Å²) in [6, 6.07) is 7.70. The highest BCUT2D eigenvalue weighted by atomic mass is 16.5. The van der Waals surface area contributed by atoms with Crippen LogP contribution in [-0.2, 0) is 6.42 Å². The number of hydrogen-bond acceptors (Lipinski definition) is 5. The van der Waals surface area contributed by atoms with Gasteiger partial charge in [-0.05, 0) is 60.6 Å². The highest BCUT2D eigenvalue weighted by Gasteiger charge is 2.21. The summed E-state index contributed by atoms with van der Waals surface area (Å²) in [5, 5.41) is 10.7. The topological polar surface area (TPSA) is 57.2 Å². The molecule has 0 spiro atoms. The highest BCUT2D eigenvalue weighted by Crippen LogP contribution is 2.44. The molecule has 0 aliphatic heterocycles. The van der Waals surface area contributed by atoms with E-state index in [1.54, 1.807) is 28.4 Å². The number of ether oxygens (including phenoxy) is 4. The van der Waals surface area contributed by atoms with Gasteiger partial charge in [-0.3, -0.25) is 0 Å². The van der Waals surface area contributed by atoms with Crippen molar-refractivity contribution in [2.75, 3.05) is 28.4 Å². The first kappa shape index (κ1) is 19.0. The van der Waals surface area contributed by atoms with E-state index in [4.69, 9.17) is 18.9 Å². The van der Waals surface area contributed by atoms with Crippen LogP contribution in [0, 0.1) is 0 Å². The first-order valence-corrected chi connectivity index (χ1v) is 9.04. The number of hydrogen-bond donors (Lipinski definition) is 1. The van der Waals surface area contributed by atoms with Gasteiger partial charge in [0.2, 0.25) is 5.75 Å². The molecule has 1 N–H and O–H groups in total. The van der Waals surface area contributed by atoms with Crippen LogP contribution in [0.15, 0.2) is 30.3 Å². The Morgan fingerprint density at radius 3 is 2.07 bits per heavy atom. The number of fused-ring (bicyclic) bond motifs is 1. The van der Waals surface area contributed by atoms with Crippen LogP contribution in [-0.4, -0.2) is 33.5 Å². The zero-order valence-corrected chi connectivity index (χ0v) is 16.3. The average Bonchev–Trinajstić information content (AvgIpc) is 2.68. The van der Waals surface area contributed by atoms with Gasteiger partial charge in [0.25, 0.3) is 0 Å². The quantitative estimate of drug-likeness (QED) is 0.835. The monoisotopic (exact) mass is 370 g/mol. The van der Waals surface area contributed by atoms with Crippen molar-refractivity contribution in [1.82, 2.24) is 0 Å². The number of aromatic hydroxyl groups is 1. The van der Waals surface area contributed by atoms with Gasteiger partial charge in [-0.2, -0.15) is 0 Å². The van der Waals surface area contributed by atoms with Crippen molar-refractivity contribution in [3.05, 3.63) is 47.0 Å². The molecule has 0 amide bonds. The Morgan fingerprint density at radius 2 is 1.48 bits per heavy atom. The normalized spacial score (nSPS) is 13.7. The van der Waals surface area contributed by atoms with Gasteiger partial charge >= 0.3 is 0 Å². The van der Waals surface area contributed by atoms with E-state index in [2.05, 4.69) is 6.08 Å². The lowest BCUT2D eigenvalue weighted by molar-refractivity contribution is 0.324. The number of phenolic OH excluding ortho intramolecular Hbond substituents is 1. The van der Waals surface area contributed by atoms with Gasteiger partial charge < -0.3 is 24.1 Å². The lowest BCUT2D eigenvalue weighted by atomic mass is 9.87. The Balaban J connectivity index is 2.21. The van der Waals surface area contributed by atoms with E-state index in [1.165, 1.54) is 0 Å². The molecule has 0 saturated carbocycles. The van der Waals surface area contributed by atoms with Crippen molar-refractivity contribution in [2.45, 2.75) is 25.7 Å². The van der Waals surface area contributed by atoms with Crippen molar-refractivity contribution in [3.8, 4) is 28.7 Å². The Hall–Kier alpha value is -2.82. The van der Waals surface area contributed by atoms with Gasteiger partial charge in [0.15, 0.2) is 23.0 Å². The van der Waals surface area contributed by atoms with Gasteiger partial charge in [0.1, 0.15) is 0 Å². The van der Waals surface area contributed by atoms with Crippen LogP contribution in [0.5, 0.6) is 28.7 Å². The largest absolute Gasteiger partial charge is 0.504 e. The molecule has 0 atom stereocenters. The molecule has 0 fully saturated rings. The van der Waals surface area contributed by atoms with E-state index in [9.17, 15) is 5.11 Å². The molecular weight excluding hydrogens is 344 g/mol. The first-order chi connectivity index (χ1) is 13.1. The van der Waals surface area contributed by atoms with Crippen LogP contribution in [0.1, 0.15) is 36.0 Å². The molecule has 2 aromatic carbocycles. The molecule has 5 nitrogen and oxygen atoms in total. The molecule has 0 radical (unpaired) electrons. The molecule has 1 aliphatic rings. The molecule has 144 valence electrons. The Morgan fingerprint density at radius 1 is 0.815 bits per heavy atom. The van der Waals surface area contributed by atoms with E-state index >= 15 is 0 Å².